The number of hydrogen-bond donors (Lipinski definition) is 1. The zero-order valence-corrected chi connectivity index (χ0v) is 12.8. The van der Waals surface area contributed by atoms with Crippen LogP contribution in [-0.2, 0) is 17.1 Å². The number of benzene rings is 1. The number of thioether (sulfide) groups is 1. The second-order valence-corrected chi connectivity index (χ2v) is 6.75. The zero-order valence-electron chi connectivity index (χ0n) is 11.2. The first-order valence-corrected chi connectivity index (χ1v) is 8.70. The van der Waals surface area contributed by atoms with Crippen LogP contribution in [-0.4, -0.2) is 30.8 Å². The lowest BCUT2D eigenvalue weighted by Crippen LogP contribution is -2.24. The van der Waals surface area contributed by atoms with Crippen molar-refractivity contribution in [1.29, 1.82) is 0 Å². The monoisotopic (exact) mass is 299 g/mol. The lowest BCUT2D eigenvalue weighted by Gasteiger charge is -2.05. The zero-order chi connectivity index (χ0) is 14.0. The molecule has 1 N–H and O–H groups in total. The fourth-order valence-electron chi connectivity index (χ4n) is 1.83. The van der Waals surface area contributed by atoms with Crippen molar-refractivity contribution >= 4 is 32.8 Å². The molecule has 0 unspecified atom stereocenters. The summed E-state index contributed by atoms with van der Waals surface area (Å²) in [6.45, 7) is 2.37. The van der Waals surface area contributed by atoms with E-state index in [0.29, 0.717) is 12.1 Å². The summed E-state index contributed by atoms with van der Waals surface area (Å²) >= 11 is 1.54. The average molecular weight is 299 g/mol. The minimum Gasteiger partial charge on any atom is -0.322 e. The predicted molar refractivity (Wildman–Crippen MR) is 78.0 cm³/mol. The molecule has 0 aliphatic carbocycles. The maximum atomic E-state index is 12.0. The Kier molecular flexibility index (Phi) is 4.17. The summed E-state index contributed by atoms with van der Waals surface area (Å²) in [5.41, 5.74) is 1.63. The van der Waals surface area contributed by atoms with E-state index in [9.17, 15) is 8.42 Å². The van der Waals surface area contributed by atoms with Gasteiger partial charge in [0, 0.05) is 13.6 Å². The number of rotatable bonds is 5. The molecule has 2 aromatic rings. The highest BCUT2D eigenvalue weighted by molar-refractivity contribution is 7.98. The Morgan fingerprint density at radius 2 is 2.16 bits per heavy atom. The molecular formula is C12H17N3O2S2. The average Bonchev–Trinajstić information content (AvgIpc) is 2.72. The van der Waals surface area contributed by atoms with E-state index in [1.165, 1.54) is 11.8 Å². The first-order valence-electron chi connectivity index (χ1n) is 5.99. The highest BCUT2D eigenvalue weighted by atomic mass is 32.2. The van der Waals surface area contributed by atoms with Gasteiger partial charge >= 0.3 is 0 Å². The quantitative estimate of drug-likeness (QED) is 0.858. The Labute approximate surface area is 117 Å². The molecule has 0 radical (unpaired) electrons. The molecule has 0 saturated heterocycles. The van der Waals surface area contributed by atoms with Gasteiger partial charge < -0.3 is 4.57 Å². The third kappa shape index (κ3) is 2.77. The number of nitrogens with one attached hydrogen (secondary N) is 1. The fraction of sp³-hybridized carbons (Fsp3) is 0.417. The second-order valence-electron chi connectivity index (χ2n) is 4.21. The number of imidazole rings is 1. The van der Waals surface area contributed by atoms with Gasteiger partial charge in [-0.15, -0.1) is 0 Å². The molecule has 0 atom stereocenters. The summed E-state index contributed by atoms with van der Waals surface area (Å²) in [5.74, 6) is 0. The predicted octanol–water partition coefficient (Wildman–Crippen LogP) is 1.98. The molecule has 7 heteroatoms. The summed E-state index contributed by atoms with van der Waals surface area (Å²) in [6, 6.07) is 5.03. The lowest BCUT2D eigenvalue weighted by molar-refractivity contribution is 0.581. The highest BCUT2D eigenvalue weighted by Gasteiger charge is 2.15. The van der Waals surface area contributed by atoms with Crippen LogP contribution in [0.1, 0.15) is 13.3 Å². The van der Waals surface area contributed by atoms with Crippen molar-refractivity contribution in [2.45, 2.75) is 23.4 Å². The van der Waals surface area contributed by atoms with Crippen molar-refractivity contribution < 1.29 is 8.42 Å². The molecule has 104 valence electrons. The van der Waals surface area contributed by atoms with E-state index in [1.54, 1.807) is 18.2 Å². The SMILES string of the molecule is CCCNS(=O)(=O)c1ccc2c(c1)nc(SC)n2C. The Morgan fingerprint density at radius 3 is 2.79 bits per heavy atom. The van der Waals surface area contributed by atoms with Crippen LogP contribution in [0.15, 0.2) is 28.3 Å². The summed E-state index contributed by atoms with van der Waals surface area (Å²) in [5, 5.41) is 0.867. The van der Waals surface area contributed by atoms with E-state index in [1.807, 2.05) is 24.8 Å². The van der Waals surface area contributed by atoms with Crippen molar-refractivity contribution in [1.82, 2.24) is 14.3 Å². The van der Waals surface area contributed by atoms with Gasteiger partial charge in [0.25, 0.3) is 0 Å². The lowest BCUT2D eigenvalue weighted by atomic mass is 10.3. The number of sulfonamides is 1. The molecule has 0 aliphatic rings. The van der Waals surface area contributed by atoms with Crippen LogP contribution in [0, 0.1) is 0 Å². The molecule has 0 bridgehead atoms. The first-order chi connectivity index (χ1) is 8.99. The van der Waals surface area contributed by atoms with Gasteiger partial charge in [-0.25, -0.2) is 18.1 Å². The fourth-order valence-corrected chi connectivity index (χ4v) is 3.54. The minimum atomic E-state index is -3.43. The van der Waals surface area contributed by atoms with Gasteiger partial charge in [0.15, 0.2) is 5.16 Å². The van der Waals surface area contributed by atoms with E-state index in [-0.39, 0.29) is 4.90 Å². The Hall–Kier alpha value is -1.05. The van der Waals surface area contributed by atoms with Crippen LogP contribution >= 0.6 is 11.8 Å². The second kappa shape index (κ2) is 5.52. The Balaban J connectivity index is 2.47. The molecular weight excluding hydrogens is 282 g/mol. The van der Waals surface area contributed by atoms with Crippen LogP contribution < -0.4 is 4.72 Å². The van der Waals surface area contributed by atoms with Gasteiger partial charge in [0.2, 0.25) is 10.0 Å². The maximum absolute atomic E-state index is 12.0. The molecule has 1 aromatic heterocycles. The largest absolute Gasteiger partial charge is 0.322 e. The molecule has 5 nitrogen and oxygen atoms in total. The van der Waals surface area contributed by atoms with Crippen LogP contribution in [0.3, 0.4) is 0 Å². The van der Waals surface area contributed by atoms with Crippen molar-refractivity contribution in [3.8, 4) is 0 Å². The molecule has 19 heavy (non-hydrogen) atoms. The van der Waals surface area contributed by atoms with Gasteiger partial charge in [0.1, 0.15) is 0 Å². The minimum absolute atomic E-state index is 0.263. The van der Waals surface area contributed by atoms with Gasteiger partial charge in [-0.1, -0.05) is 18.7 Å². The molecule has 0 fully saturated rings. The van der Waals surface area contributed by atoms with E-state index in [4.69, 9.17) is 0 Å². The molecule has 1 aromatic carbocycles. The van der Waals surface area contributed by atoms with Crippen LogP contribution in [0.25, 0.3) is 11.0 Å². The Bertz CT molecular complexity index is 692. The third-order valence-corrected chi connectivity index (χ3v) is 5.04. The van der Waals surface area contributed by atoms with Crippen LogP contribution in [0.2, 0.25) is 0 Å². The third-order valence-electron chi connectivity index (χ3n) is 2.85. The standard InChI is InChI=1S/C12H17N3O2S2/c1-4-7-13-19(16,17)9-5-6-11-10(8-9)14-12(18-3)15(11)2/h5-6,8,13H,4,7H2,1-3H3. The maximum Gasteiger partial charge on any atom is 0.240 e. The normalized spacial score (nSPS) is 12.2. The highest BCUT2D eigenvalue weighted by Crippen LogP contribution is 2.23. The van der Waals surface area contributed by atoms with Gasteiger partial charge in [0.05, 0.1) is 15.9 Å². The van der Waals surface area contributed by atoms with E-state index >= 15 is 0 Å². The van der Waals surface area contributed by atoms with Crippen LogP contribution in [0.5, 0.6) is 0 Å². The molecule has 0 saturated carbocycles. The number of fused-ring (bicyclic) bond motifs is 1. The molecule has 0 amide bonds. The number of aryl methyl sites for hydroxylation is 1. The number of hydrogen-bond acceptors (Lipinski definition) is 4. The van der Waals surface area contributed by atoms with E-state index in [0.717, 1.165) is 17.1 Å². The van der Waals surface area contributed by atoms with Crippen molar-refractivity contribution in [3.63, 3.8) is 0 Å². The Morgan fingerprint density at radius 1 is 1.42 bits per heavy atom. The summed E-state index contributed by atoms with van der Waals surface area (Å²) < 4.78 is 28.6. The first kappa shape index (κ1) is 14.4. The van der Waals surface area contributed by atoms with Gasteiger partial charge in [-0.2, -0.15) is 0 Å². The van der Waals surface area contributed by atoms with E-state index < -0.39 is 10.0 Å². The topological polar surface area (TPSA) is 64.0 Å². The molecule has 0 spiro atoms. The molecule has 0 aliphatic heterocycles. The van der Waals surface area contributed by atoms with Gasteiger partial charge in [-0.05, 0) is 30.9 Å². The summed E-state index contributed by atoms with van der Waals surface area (Å²) in [6.07, 6.45) is 2.71. The number of nitrogens with zero attached hydrogens (tertiary/aromatic N) is 2. The summed E-state index contributed by atoms with van der Waals surface area (Å²) in [7, 11) is -1.51. The molecule has 2 rings (SSSR count). The van der Waals surface area contributed by atoms with Crippen LogP contribution in [0.4, 0.5) is 0 Å². The van der Waals surface area contributed by atoms with Crippen molar-refractivity contribution in [2.24, 2.45) is 7.05 Å². The summed E-state index contributed by atoms with van der Waals surface area (Å²) in [4.78, 5) is 4.68. The molecule has 1 heterocycles. The van der Waals surface area contributed by atoms with E-state index in [2.05, 4.69) is 9.71 Å². The van der Waals surface area contributed by atoms with Crippen molar-refractivity contribution in [2.75, 3.05) is 12.8 Å². The van der Waals surface area contributed by atoms with Crippen molar-refractivity contribution in [3.05, 3.63) is 18.2 Å². The number of aromatic nitrogens is 2. The van der Waals surface area contributed by atoms with Gasteiger partial charge in [-0.3, -0.25) is 0 Å². The smallest absolute Gasteiger partial charge is 0.240 e.